The molecule has 0 aromatic heterocycles. The maximum absolute atomic E-state index is 11.7. The Morgan fingerprint density at radius 3 is 2.78 bits per heavy atom. The summed E-state index contributed by atoms with van der Waals surface area (Å²) in [5.41, 5.74) is 0.723. The van der Waals surface area contributed by atoms with Gasteiger partial charge in [0, 0.05) is 5.25 Å². The first-order valence-corrected chi connectivity index (χ1v) is 8.55. The molecule has 0 aliphatic carbocycles. The second-order valence-electron chi connectivity index (χ2n) is 4.43. The molecule has 1 N–H and O–H groups in total. The highest BCUT2D eigenvalue weighted by atomic mass is 35.5. The molecule has 0 amide bonds. The van der Waals surface area contributed by atoms with Gasteiger partial charge in [-0.05, 0) is 12.1 Å². The van der Waals surface area contributed by atoms with Crippen LogP contribution < -0.4 is 4.90 Å². The molecule has 0 saturated carbocycles. The van der Waals surface area contributed by atoms with Crippen LogP contribution in [-0.4, -0.2) is 36.4 Å². The zero-order chi connectivity index (χ0) is 12.9. The number of amidine groups is 1. The van der Waals surface area contributed by atoms with Crippen LogP contribution in [0, 0.1) is 5.41 Å². The highest BCUT2D eigenvalue weighted by molar-refractivity contribution is 8.15. The van der Waals surface area contributed by atoms with Crippen molar-refractivity contribution in [2.24, 2.45) is 0 Å². The Kier molecular flexibility index (Phi) is 2.84. The molecule has 0 unspecified atom stereocenters. The van der Waals surface area contributed by atoms with Gasteiger partial charge in [-0.3, -0.25) is 5.41 Å². The molecule has 18 heavy (non-hydrogen) atoms. The van der Waals surface area contributed by atoms with E-state index in [9.17, 15) is 8.42 Å². The normalized spacial score (nSPS) is 29.6. The third-order valence-corrected chi connectivity index (χ3v) is 6.65. The number of nitrogens with one attached hydrogen (secondary N) is 1. The Balaban J connectivity index is 2.02. The Bertz CT molecular complexity index is 617. The van der Waals surface area contributed by atoms with E-state index in [0.29, 0.717) is 10.2 Å². The molecule has 2 aliphatic rings. The van der Waals surface area contributed by atoms with E-state index in [1.807, 2.05) is 18.2 Å². The number of rotatable bonds is 1. The smallest absolute Gasteiger partial charge is 0.161 e. The molecule has 1 aromatic rings. The summed E-state index contributed by atoms with van der Waals surface area (Å²) in [5.74, 6) is 0.268. The number of hydrogen-bond donors (Lipinski definition) is 1. The van der Waals surface area contributed by atoms with Crippen LogP contribution in [0.1, 0.15) is 0 Å². The topological polar surface area (TPSA) is 61.2 Å². The van der Waals surface area contributed by atoms with Gasteiger partial charge in [-0.2, -0.15) is 0 Å². The van der Waals surface area contributed by atoms with Gasteiger partial charge in [-0.1, -0.05) is 35.5 Å². The molecule has 2 aliphatic heterocycles. The second-order valence-corrected chi connectivity index (χ2v) is 8.22. The SMILES string of the molecule is N=C1S[C@H]2CS(=O)(=O)C[C@H]2N1c1ccccc1Cl. The van der Waals surface area contributed by atoms with Gasteiger partial charge in [-0.25, -0.2) is 8.42 Å². The number of fused-ring (bicyclic) bond motifs is 1. The summed E-state index contributed by atoms with van der Waals surface area (Å²) in [6.45, 7) is 0. The molecular formula is C11H11ClN2O2S2. The van der Waals surface area contributed by atoms with Crippen LogP contribution in [0.25, 0.3) is 0 Å². The third-order valence-electron chi connectivity index (χ3n) is 3.20. The number of halogens is 1. The molecule has 4 nitrogen and oxygen atoms in total. The van der Waals surface area contributed by atoms with Crippen molar-refractivity contribution >= 4 is 44.1 Å². The summed E-state index contributed by atoms with van der Waals surface area (Å²) >= 11 is 7.46. The maximum Gasteiger partial charge on any atom is 0.161 e. The average molecular weight is 303 g/mol. The van der Waals surface area contributed by atoms with E-state index in [1.165, 1.54) is 11.8 Å². The minimum absolute atomic E-state index is 0.0428. The number of sulfone groups is 1. The van der Waals surface area contributed by atoms with Gasteiger partial charge in [0.2, 0.25) is 0 Å². The van der Waals surface area contributed by atoms with Crippen LogP contribution in [0.3, 0.4) is 0 Å². The number of anilines is 1. The first-order valence-electron chi connectivity index (χ1n) is 5.47. The van der Waals surface area contributed by atoms with Crippen molar-refractivity contribution < 1.29 is 8.42 Å². The van der Waals surface area contributed by atoms with Crippen molar-refractivity contribution in [3.63, 3.8) is 0 Å². The fraction of sp³-hybridized carbons (Fsp3) is 0.364. The summed E-state index contributed by atoms with van der Waals surface area (Å²) in [5, 5.41) is 8.89. The molecule has 2 saturated heterocycles. The standard InChI is InChI=1S/C11H11ClN2O2S2/c12-7-3-1-2-4-8(7)14-9-5-18(15,16)6-10(9)17-11(14)13/h1-4,9-10,13H,5-6H2/t9-,10+/m1/s1. The molecule has 96 valence electrons. The van der Waals surface area contributed by atoms with Gasteiger partial charge in [-0.15, -0.1) is 0 Å². The van der Waals surface area contributed by atoms with Gasteiger partial charge in [0.25, 0.3) is 0 Å². The fourth-order valence-electron chi connectivity index (χ4n) is 2.44. The summed E-state index contributed by atoms with van der Waals surface area (Å²) < 4.78 is 23.3. The van der Waals surface area contributed by atoms with Crippen molar-refractivity contribution in [3.8, 4) is 0 Å². The van der Waals surface area contributed by atoms with E-state index < -0.39 is 9.84 Å². The average Bonchev–Trinajstić information content (AvgIpc) is 2.70. The summed E-state index contributed by atoms with van der Waals surface area (Å²) in [7, 11) is -2.98. The lowest BCUT2D eigenvalue weighted by Gasteiger charge is -2.24. The molecule has 3 rings (SSSR count). The van der Waals surface area contributed by atoms with E-state index in [0.717, 1.165) is 5.69 Å². The minimum Gasteiger partial charge on any atom is -0.315 e. The van der Waals surface area contributed by atoms with Crippen LogP contribution in [0.2, 0.25) is 5.02 Å². The van der Waals surface area contributed by atoms with Crippen molar-refractivity contribution in [3.05, 3.63) is 29.3 Å². The quantitative estimate of drug-likeness (QED) is 0.862. The first-order chi connectivity index (χ1) is 8.48. The van der Waals surface area contributed by atoms with Crippen molar-refractivity contribution in [1.29, 1.82) is 5.41 Å². The molecule has 0 spiro atoms. The first kappa shape index (κ1) is 12.3. The lowest BCUT2D eigenvalue weighted by molar-refractivity contribution is 0.601. The van der Waals surface area contributed by atoms with Gasteiger partial charge in [0.15, 0.2) is 15.0 Å². The number of thioether (sulfide) groups is 1. The largest absolute Gasteiger partial charge is 0.315 e. The predicted molar refractivity (Wildman–Crippen MR) is 75.5 cm³/mol. The predicted octanol–water partition coefficient (Wildman–Crippen LogP) is 1.99. The molecule has 0 radical (unpaired) electrons. The Labute approximate surface area is 115 Å². The maximum atomic E-state index is 11.7. The van der Waals surface area contributed by atoms with Crippen molar-refractivity contribution in [2.75, 3.05) is 16.4 Å². The monoisotopic (exact) mass is 302 g/mol. The van der Waals surface area contributed by atoms with Crippen LogP contribution >= 0.6 is 23.4 Å². The van der Waals surface area contributed by atoms with Crippen LogP contribution in [0.4, 0.5) is 5.69 Å². The van der Waals surface area contributed by atoms with Gasteiger partial charge in [0.05, 0.1) is 28.3 Å². The van der Waals surface area contributed by atoms with Crippen LogP contribution in [-0.2, 0) is 9.84 Å². The van der Waals surface area contributed by atoms with E-state index in [-0.39, 0.29) is 22.8 Å². The Morgan fingerprint density at radius 2 is 2.06 bits per heavy atom. The lowest BCUT2D eigenvalue weighted by atomic mass is 10.2. The second kappa shape index (κ2) is 4.15. The van der Waals surface area contributed by atoms with E-state index >= 15 is 0 Å². The molecule has 2 atom stereocenters. The Hall–Kier alpha value is -0.720. The summed E-state index contributed by atoms with van der Waals surface area (Å²) in [4.78, 5) is 1.75. The zero-order valence-corrected chi connectivity index (χ0v) is 11.7. The summed E-state index contributed by atoms with van der Waals surface area (Å²) in [6.07, 6.45) is 0. The van der Waals surface area contributed by atoms with Crippen molar-refractivity contribution in [1.82, 2.24) is 0 Å². The molecular weight excluding hydrogens is 292 g/mol. The van der Waals surface area contributed by atoms with E-state index in [1.54, 1.807) is 11.0 Å². The molecule has 7 heteroatoms. The van der Waals surface area contributed by atoms with E-state index in [2.05, 4.69) is 0 Å². The molecule has 0 bridgehead atoms. The number of hydrogen-bond acceptors (Lipinski definition) is 4. The zero-order valence-electron chi connectivity index (χ0n) is 9.34. The molecule has 2 fully saturated rings. The third kappa shape index (κ3) is 1.92. The molecule has 1 aromatic carbocycles. The van der Waals surface area contributed by atoms with Gasteiger partial charge >= 0.3 is 0 Å². The highest BCUT2D eigenvalue weighted by Gasteiger charge is 2.48. The lowest BCUT2D eigenvalue weighted by Crippen LogP contribution is -2.37. The molecule has 2 heterocycles. The Morgan fingerprint density at radius 1 is 1.33 bits per heavy atom. The fourth-order valence-corrected chi connectivity index (χ4v) is 6.45. The highest BCUT2D eigenvalue weighted by Crippen LogP contribution is 2.42. The summed E-state index contributed by atoms with van der Waals surface area (Å²) in [6, 6.07) is 7.08. The number of nitrogens with zero attached hydrogens (tertiary/aromatic N) is 1. The van der Waals surface area contributed by atoms with Crippen molar-refractivity contribution in [2.45, 2.75) is 11.3 Å². The van der Waals surface area contributed by atoms with Gasteiger partial charge in [0.1, 0.15) is 0 Å². The minimum atomic E-state index is -2.98. The van der Waals surface area contributed by atoms with E-state index in [4.69, 9.17) is 17.0 Å². The number of benzene rings is 1. The van der Waals surface area contributed by atoms with Crippen LogP contribution in [0.15, 0.2) is 24.3 Å². The van der Waals surface area contributed by atoms with Crippen LogP contribution in [0.5, 0.6) is 0 Å². The number of para-hydroxylation sites is 1. The van der Waals surface area contributed by atoms with Gasteiger partial charge < -0.3 is 4.90 Å².